The summed E-state index contributed by atoms with van der Waals surface area (Å²) in [5, 5.41) is 10.8. The first kappa shape index (κ1) is 19.7. The molecule has 3 rings (SSSR count). The largest absolute Gasteiger partial charge is 0.456 e. The highest BCUT2D eigenvalue weighted by Gasteiger charge is 2.63. The van der Waals surface area contributed by atoms with Crippen LogP contribution in [0.2, 0.25) is 0 Å². The number of likely N-dealkylation sites (N-methyl/N-ethyl adjacent to an activating group) is 1. The summed E-state index contributed by atoms with van der Waals surface area (Å²) < 4.78 is 18.5. The number of aromatic amines is 1. The minimum absolute atomic E-state index is 0.291. The summed E-state index contributed by atoms with van der Waals surface area (Å²) in [4.78, 5) is 40.0. The Hall–Kier alpha value is -2.01. The standard InChI is InChI=1S/C17H25N3O7/c1-9-7-20(16(24)18-14(9)23)15-12(25-4)13(26-10(2)21)17(27-15)8-19(3)6-5-11(17)22/h7,11-13,15,22H,5-6,8H2,1-4H3,(H,18,23,24)/t11-,12+,13?,15-,17-/m1/s1. The topological polar surface area (TPSA) is 123 Å². The lowest BCUT2D eigenvalue weighted by molar-refractivity contribution is -0.200. The number of carbonyl (C=O) groups is 1. The van der Waals surface area contributed by atoms with Gasteiger partial charge in [-0.25, -0.2) is 4.79 Å². The number of hydrogen-bond donors (Lipinski definition) is 2. The number of hydrogen-bond acceptors (Lipinski definition) is 8. The van der Waals surface area contributed by atoms with Gasteiger partial charge in [-0.1, -0.05) is 0 Å². The maximum absolute atomic E-state index is 12.4. The fraction of sp³-hybridized carbons (Fsp3) is 0.706. The molecule has 0 saturated carbocycles. The molecule has 0 radical (unpaired) electrons. The van der Waals surface area contributed by atoms with Gasteiger partial charge in [0.1, 0.15) is 11.7 Å². The van der Waals surface area contributed by atoms with Crippen molar-refractivity contribution in [1.29, 1.82) is 0 Å². The molecule has 1 aromatic rings. The number of methoxy groups -OCH3 is 1. The number of carbonyl (C=O) groups excluding carboxylic acids is 1. The predicted octanol–water partition coefficient (Wildman–Crippen LogP) is -1.24. The zero-order valence-corrected chi connectivity index (χ0v) is 15.8. The van der Waals surface area contributed by atoms with Gasteiger partial charge in [-0.2, -0.15) is 0 Å². The van der Waals surface area contributed by atoms with Crippen LogP contribution in [-0.4, -0.2) is 76.7 Å². The monoisotopic (exact) mass is 383 g/mol. The number of esters is 1. The molecule has 150 valence electrons. The lowest BCUT2D eigenvalue weighted by Gasteiger charge is -2.44. The Kier molecular flexibility index (Phi) is 5.26. The van der Waals surface area contributed by atoms with Crippen molar-refractivity contribution < 1.29 is 24.1 Å². The zero-order valence-electron chi connectivity index (χ0n) is 15.8. The first-order valence-corrected chi connectivity index (χ1v) is 8.76. The first-order chi connectivity index (χ1) is 12.7. The van der Waals surface area contributed by atoms with Gasteiger partial charge in [-0.15, -0.1) is 0 Å². The van der Waals surface area contributed by atoms with Crippen molar-refractivity contribution in [1.82, 2.24) is 14.5 Å². The maximum Gasteiger partial charge on any atom is 0.330 e. The van der Waals surface area contributed by atoms with Gasteiger partial charge in [0.05, 0.1) is 6.10 Å². The summed E-state index contributed by atoms with van der Waals surface area (Å²) in [6, 6.07) is 0. The van der Waals surface area contributed by atoms with Gasteiger partial charge in [0.2, 0.25) is 0 Å². The number of aromatic nitrogens is 2. The number of rotatable bonds is 3. The van der Waals surface area contributed by atoms with Crippen LogP contribution in [0.25, 0.3) is 0 Å². The van der Waals surface area contributed by atoms with E-state index in [1.165, 1.54) is 24.8 Å². The lowest BCUT2D eigenvalue weighted by atomic mass is 9.84. The quantitative estimate of drug-likeness (QED) is 0.621. The molecule has 1 unspecified atom stereocenters. The van der Waals surface area contributed by atoms with Crippen molar-refractivity contribution >= 4 is 5.97 Å². The van der Waals surface area contributed by atoms with Crippen LogP contribution in [0.3, 0.4) is 0 Å². The maximum atomic E-state index is 12.4. The zero-order chi connectivity index (χ0) is 19.9. The number of likely N-dealkylation sites (tertiary alicyclic amines) is 1. The molecule has 10 nitrogen and oxygen atoms in total. The van der Waals surface area contributed by atoms with Crippen LogP contribution in [-0.2, 0) is 19.0 Å². The number of ether oxygens (including phenoxy) is 3. The minimum Gasteiger partial charge on any atom is -0.456 e. The summed E-state index contributed by atoms with van der Waals surface area (Å²) in [6.45, 7) is 3.77. The van der Waals surface area contributed by atoms with E-state index in [-0.39, 0.29) is 0 Å². The SMILES string of the molecule is CO[C@H]1C(OC(C)=O)[C@]2(CN(C)CC[C@H]2O)O[C@H]1n1cc(C)c(=O)[nH]c1=O. The van der Waals surface area contributed by atoms with Gasteiger partial charge < -0.3 is 24.2 Å². The summed E-state index contributed by atoms with van der Waals surface area (Å²) in [5.74, 6) is -0.545. The van der Waals surface area contributed by atoms with Gasteiger partial charge in [-0.05, 0) is 20.4 Å². The van der Waals surface area contributed by atoms with Crippen molar-refractivity contribution in [2.24, 2.45) is 0 Å². The van der Waals surface area contributed by atoms with Crippen molar-refractivity contribution in [3.8, 4) is 0 Å². The van der Waals surface area contributed by atoms with Crippen LogP contribution in [0.15, 0.2) is 15.8 Å². The number of aliphatic hydroxyl groups is 1. The molecule has 2 aliphatic heterocycles. The Labute approximate surface area is 155 Å². The number of piperidine rings is 1. The highest BCUT2D eigenvalue weighted by atomic mass is 16.6. The fourth-order valence-electron chi connectivity index (χ4n) is 3.95. The number of aryl methyl sites for hydroxylation is 1. The molecule has 0 bridgehead atoms. The van der Waals surface area contributed by atoms with Crippen LogP contribution in [0.5, 0.6) is 0 Å². The van der Waals surface area contributed by atoms with Gasteiger partial charge in [0.25, 0.3) is 5.56 Å². The molecule has 0 aromatic carbocycles. The summed E-state index contributed by atoms with van der Waals surface area (Å²) in [5.41, 5.74) is -2.10. The van der Waals surface area contributed by atoms with Crippen molar-refractivity contribution in [3.63, 3.8) is 0 Å². The molecule has 2 N–H and O–H groups in total. The lowest BCUT2D eigenvalue weighted by Crippen LogP contribution is -2.63. The molecule has 27 heavy (non-hydrogen) atoms. The molecule has 10 heteroatoms. The van der Waals surface area contributed by atoms with E-state index in [2.05, 4.69) is 4.98 Å². The molecule has 2 saturated heterocycles. The van der Waals surface area contributed by atoms with Gasteiger partial charge in [0.15, 0.2) is 12.3 Å². The van der Waals surface area contributed by atoms with Gasteiger partial charge in [-0.3, -0.25) is 19.1 Å². The minimum atomic E-state index is -1.26. The molecular weight excluding hydrogens is 358 g/mol. The number of H-pyrrole nitrogens is 1. The smallest absolute Gasteiger partial charge is 0.330 e. The Bertz CT molecular complexity index is 835. The molecule has 1 spiro atoms. The molecular formula is C17H25N3O7. The summed E-state index contributed by atoms with van der Waals surface area (Å²) in [6.07, 6.45) is -1.89. The third-order valence-corrected chi connectivity index (χ3v) is 5.25. The third-order valence-electron chi connectivity index (χ3n) is 5.25. The van der Waals surface area contributed by atoms with Gasteiger partial charge >= 0.3 is 11.7 Å². The number of nitrogens with one attached hydrogen (secondary N) is 1. The van der Waals surface area contributed by atoms with E-state index in [4.69, 9.17) is 14.2 Å². The van der Waals surface area contributed by atoms with Crippen LogP contribution < -0.4 is 11.2 Å². The average Bonchev–Trinajstić information content (AvgIpc) is 2.88. The van der Waals surface area contributed by atoms with Crippen LogP contribution in [0, 0.1) is 6.92 Å². The van der Waals surface area contributed by atoms with Gasteiger partial charge in [0, 0.05) is 38.9 Å². The fourth-order valence-corrected chi connectivity index (χ4v) is 3.95. The Morgan fingerprint density at radius 1 is 1.44 bits per heavy atom. The van der Waals surface area contributed by atoms with E-state index in [1.54, 1.807) is 6.92 Å². The molecule has 3 heterocycles. The highest BCUT2D eigenvalue weighted by molar-refractivity contribution is 5.66. The molecule has 0 amide bonds. The Balaban J connectivity index is 2.11. The van der Waals surface area contributed by atoms with E-state index in [9.17, 15) is 19.5 Å². The second-order valence-corrected chi connectivity index (χ2v) is 7.21. The highest BCUT2D eigenvalue weighted by Crippen LogP contribution is 2.44. The van der Waals surface area contributed by atoms with Crippen molar-refractivity contribution in [3.05, 3.63) is 32.6 Å². The molecule has 0 aliphatic carbocycles. The molecule has 2 aliphatic rings. The number of nitrogens with zero attached hydrogens (tertiary/aromatic N) is 2. The normalized spacial score (nSPS) is 34.1. The van der Waals surface area contributed by atoms with E-state index < -0.39 is 47.4 Å². The van der Waals surface area contributed by atoms with E-state index in [0.29, 0.717) is 25.1 Å². The molecule has 5 atom stereocenters. The van der Waals surface area contributed by atoms with Crippen LogP contribution in [0.1, 0.15) is 25.1 Å². The van der Waals surface area contributed by atoms with Crippen molar-refractivity contribution in [2.75, 3.05) is 27.2 Å². The molecule has 1 aromatic heterocycles. The van der Waals surface area contributed by atoms with Crippen LogP contribution in [0.4, 0.5) is 0 Å². The number of aliphatic hydroxyl groups excluding tert-OH is 1. The second kappa shape index (κ2) is 7.19. The Morgan fingerprint density at radius 3 is 2.78 bits per heavy atom. The van der Waals surface area contributed by atoms with E-state index in [1.807, 2.05) is 11.9 Å². The van der Waals surface area contributed by atoms with E-state index in [0.717, 1.165) is 0 Å². The van der Waals surface area contributed by atoms with Crippen LogP contribution >= 0.6 is 0 Å². The third kappa shape index (κ3) is 3.33. The summed E-state index contributed by atoms with van der Waals surface area (Å²) >= 11 is 0. The van der Waals surface area contributed by atoms with E-state index >= 15 is 0 Å². The second-order valence-electron chi connectivity index (χ2n) is 7.21. The predicted molar refractivity (Wildman–Crippen MR) is 93.4 cm³/mol. The van der Waals surface area contributed by atoms with Crippen molar-refractivity contribution in [2.45, 2.75) is 50.4 Å². The average molecular weight is 383 g/mol. The Morgan fingerprint density at radius 2 is 2.15 bits per heavy atom. The first-order valence-electron chi connectivity index (χ1n) is 8.76. The summed E-state index contributed by atoms with van der Waals surface area (Å²) in [7, 11) is 3.28. The molecule has 2 fully saturated rings.